The number of hydrogen-bond donors (Lipinski definition) is 2. The topological polar surface area (TPSA) is 49.3 Å². The van der Waals surface area contributed by atoms with Gasteiger partial charge in [0.15, 0.2) is 0 Å². The summed E-state index contributed by atoms with van der Waals surface area (Å²) in [5.74, 6) is 0.508. The van der Waals surface area contributed by atoms with Gasteiger partial charge in [-0.05, 0) is 48.3 Å². The Morgan fingerprint density at radius 2 is 2.18 bits per heavy atom. The molecule has 1 aliphatic rings. The highest BCUT2D eigenvalue weighted by Gasteiger charge is 2.23. The maximum Gasteiger partial charge on any atom is 0.220 e. The molecule has 0 bridgehead atoms. The normalized spacial score (nSPS) is 18.9. The summed E-state index contributed by atoms with van der Waals surface area (Å²) >= 11 is 0. The van der Waals surface area contributed by atoms with Gasteiger partial charge in [-0.25, -0.2) is 0 Å². The average Bonchev–Trinajstić information content (AvgIpc) is 2.46. The van der Waals surface area contributed by atoms with Gasteiger partial charge in [-0.1, -0.05) is 45.4 Å². The molecule has 122 valence electrons. The Bertz CT molecular complexity index is 510. The van der Waals surface area contributed by atoms with E-state index in [1.54, 1.807) is 0 Å². The van der Waals surface area contributed by atoms with E-state index in [2.05, 4.69) is 38.2 Å². The maximum atomic E-state index is 12.1. The van der Waals surface area contributed by atoms with Gasteiger partial charge in [0.2, 0.25) is 5.91 Å². The van der Waals surface area contributed by atoms with Crippen LogP contribution in [0.3, 0.4) is 0 Å². The molecule has 2 N–H and O–H groups in total. The zero-order valence-electron chi connectivity index (χ0n) is 14.1. The summed E-state index contributed by atoms with van der Waals surface area (Å²) in [7, 11) is 0. The van der Waals surface area contributed by atoms with Crippen molar-refractivity contribution in [2.75, 3.05) is 0 Å². The third-order valence-electron chi connectivity index (χ3n) is 4.36. The van der Waals surface area contributed by atoms with Crippen molar-refractivity contribution in [1.82, 2.24) is 5.32 Å². The lowest BCUT2D eigenvalue weighted by Gasteiger charge is -2.28. The lowest BCUT2D eigenvalue weighted by Crippen LogP contribution is -2.31. The SMILES string of the molecule is CCCC(O)c1ccc2c(c1)C(NC(=O)CC(C)C)CCC2. The molecule has 0 radical (unpaired) electrons. The largest absolute Gasteiger partial charge is 0.388 e. The molecule has 1 amide bonds. The monoisotopic (exact) mass is 303 g/mol. The second-order valence-corrected chi connectivity index (χ2v) is 6.87. The summed E-state index contributed by atoms with van der Waals surface area (Å²) in [4.78, 5) is 12.1. The first kappa shape index (κ1) is 17.0. The molecule has 1 aromatic rings. The van der Waals surface area contributed by atoms with E-state index in [-0.39, 0.29) is 11.9 Å². The first-order valence-corrected chi connectivity index (χ1v) is 8.61. The Hall–Kier alpha value is -1.35. The number of rotatable bonds is 6. The van der Waals surface area contributed by atoms with Gasteiger partial charge in [-0.3, -0.25) is 4.79 Å². The van der Waals surface area contributed by atoms with Gasteiger partial charge in [0.1, 0.15) is 0 Å². The number of carbonyl (C=O) groups is 1. The Morgan fingerprint density at radius 1 is 1.41 bits per heavy atom. The molecule has 0 aliphatic heterocycles. The Labute approximate surface area is 134 Å². The van der Waals surface area contributed by atoms with Gasteiger partial charge in [0.25, 0.3) is 0 Å². The van der Waals surface area contributed by atoms with Crippen LogP contribution in [0, 0.1) is 5.92 Å². The number of aliphatic hydroxyl groups excluding tert-OH is 1. The maximum absolute atomic E-state index is 12.1. The van der Waals surface area contributed by atoms with E-state index < -0.39 is 6.10 Å². The fourth-order valence-corrected chi connectivity index (χ4v) is 3.24. The van der Waals surface area contributed by atoms with Crippen LogP contribution in [0.25, 0.3) is 0 Å². The van der Waals surface area contributed by atoms with E-state index in [0.29, 0.717) is 12.3 Å². The van der Waals surface area contributed by atoms with Crippen molar-refractivity contribution in [3.8, 4) is 0 Å². The Balaban J connectivity index is 2.17. The summed E-state index contributed by atoms with van der Waals surface area (Å²) < 4.78 is 0. The standard InChI is InChI=1S/C19H29NO2/c1-4-6-18(21)15-10-9-14-7-5-8-17(16(14)12-15)20-19(22)11-13(2)3/h9-10,12-13,17-18,21H,4-8,11H2,1-3H3,(H,20,22). The van der Waals surface area contributed by atoms with Crippen molar-refractivity contribution in [3.05, 3.63) is 34.9 Å². The molecule has 0 fully saturated rings. The van der Waals surface area contributed by atoms with E-state index in [9.17, 15) is 9.90 Å². The van der Waals surface area contributed by atoms with Crippen molar-refractivity contribution >= 4 is 5.91 Å². The molecular formula is C19H29NO2. The summed E-state index contributed by atoms with van der Waals surface area (Å²) in [5, 5.41) is 13.4. The number of aliphatic hydroxyl groups is 1. The second-order valence-electron chi connectivity index (χ2n) is 6.87. The summed E-state index contributed by atoms with van der Waals surface area (Å²) in [6.45, 7) is 6.21. The van der Waals surface area contributed by atoms with Crippen LogP contribution >= 0.6 is 0 Å². The quantitative estimate of drug-likeness (QED) is 0.832. The second kappa shape index (κ2) is 7.77. The highest BCUT2D eigenvalue weighted by atomic mass is 16.3. The number of carbonyl (C=O) groups excluding carboxylic acids is 1. The van der Waals surface area contributed by atoms with Gasteiger partial charge in [-0.15, -0.1) is 0 Å². The number of aryl methyl sites for hydroxylation is 1. The number of amides is 1. The minimum Gasteiger partial charge on any atom is -0.388 e. The lowest BCUT2D eigenvalue weighted by molar-refractivity contribution is -0.122. The highest BCUT2D eigenvalue weighted by Crippen LogP contribution is 2.32. The molecule has 2 unspecified atom stereocenters. The molecule has 1 aliphatic carbocycles. The van der Waals surface area contributed by atoms with Crippen LogP contribution in [0.4, 0.5) is 0 Å². The van der Waals surface area contributed by atoms with Crippen LogP contribution in [-0.4, -0.2) is 11.0 Å². The molecule has 0 saturated carbocycles. The van der Waals surface area contributed by atoms with Gasteiger partial charge >= 0.3 is 0 Å². The van der Waals surface area contributed by atoms with Crippen molar-refractivity contribution in [2.45, 2.75) is 71.4 Å². The molecule has 3 nitrogen and oxygen atoms in total. The third kappa shape index (κ3) is 4.33. The van der Waals surface area contributed by atoms with E-state index >= 15 is 0 Å². The third-order valence-corrected chi connectivity index (χ3v) is 4.36. The molecule has 2 atom stereocenters. The molecule has 22 heavy (non-hydrogen) atoms. The number of fused-ring (bicyclic) bond motifs is 1. The fraction of sp³-hybridized carbons (Fsp3) is 0.632. The first-order valence-electron chi connectivity index (χ1n) is 8.61. The fourth-order valence-electron chi connectivity index (χ4n) is 3.24. The van der Waals surface area contributed by atoms with Crippen LogP contribution in [0.5, 0.6) is 0 Å². The predicted molar refractivity (Wildman–Crippen MR) is 89.6 cm³/mol. The molecule has 2 rings (SSSR count). The van der Waals surface area contributed by atoms with Gasteiger partial charge in [0, 0.05) is 6.42 Å². The Morgan fingerprint density at radius 3 is 2.86 bits per heavy atom. The zero-order chi connectivity index (χ0) is 16.1. The zero-order valence-corrected chi connectivity index (χ0v) is 14.1. The number of hydrogen-bond acceptors (Lipinski definition) is 2. The summed E-state index contributed by atoms with van der Waals surface area (Å²) in [5.41, 5.74) is 3.50. The van der Waals surface area contributed by atoms with Crippen molar-refractivity contribution in [2.24, 2.45) is 5.92 Å². The van der Waals surface area contributed by atoms with Gasteiger partial charge < -0.3 is 10.4 Å². The molecule has 3 heteroatoms. The minimum absolute atomic E-state index is 0.101. The minimum atomic E-state index is -0.399. The van der Waals surface area contributed by atoms with Crippen molar-refractivity contribution < 1.29 is 9.90 Å². The van der Waals surface area contributed by atoms with Crippen LogP contribution < -0.4 is 5.32 Å². The summed E-state index contributed by atoms with van der Waals surface area (Å²) in [6.07, 6.45) is 5.08. The number of nitrogens with one attached hydrogen (secondary N) is 1. The van der Waals surface area contributed by atoms with E-state index in [4.69, 9.17) is 0 Å². The van der Waals surface area contributed by atoms with E-state index in [0.717, 1.165) is 37.7 Å². The van der Waals surface area contributed by atoms with Crippen LogP contribution in [0.2, 0.25) is 0 Å². The Kier molecular flexibility index (Phi) is 6.01. The molecule has 0 aromatic heterocycles. The molecule has 0 saturated heterocycles. The van der Waals surface area contributed by atoms with Crippen molar-refractivity contribution in [3.63, 3.8) is 0 Å². The molecule has 0 heterocycles. The predicted octanol–water partition coefficient (Wildman–Crippen LogP) is 4.06. The van der Waals surface area contributed by atoms with Gasteiger partial charge in [-0.2, -0.15) is 0 Å². The average molecular weight is 303 g/mol. The summed E-state index contributed by atoms with van der Waals surface area (Å²) in [6, 6.07) is 6.38. The smallest absolute Gasteiger partial charge is 0.220 e. The highest BCUT2D eigenvalue weighted by molar-refractivity contribution is 5.76. The number of benzene rings is 1. The van der Waals surface area contributed by atoms with Crippen molar-refractivity contribution in [1.29, 1.82) is 0 Å². The molecular weight excluding hydrogens is 274 g/mol. The molecule has 0 spiro atoms. The molecule has 1 aromatic carbocycles. The lowest BCUT2D eigenvalue weighted by atomic mass is 9.85. The first-order chi connectivity index (χ1) is 10.5. The van der Waals surface area contributed by atoms with Crippen LogP contribution in [-0.2, 0) is 11.2 Å². The van der Waals surface area contributed by atoms with E-state index in [1.165, 1.54) is 11.1 Å². The van der Waals surface area contributed by atoms with Crippen LogP contribution in [0.15, 0.2) is 18.2 Å². The van der Waals surface area contributed by atoms with Gasteiger partial charge in [0.05, 0.1) is 12.1 Å². The van der Waals surface area contributed by atoms with E-state index in [1.807, 2.05) is 6.07 Å². The van der Waals surface area contributed by atoms with Crippen LogP contribution in [0.1, 0.15) is 81.7 Å².